The quantitative estimate of drug-likeness (QED) is 0.253. The van der Waals surface area contributed by atoms with Gasteiger partial charge in [0.2, 0.25) is 5.91 Å². The molecular weight excluding hydrogens is 539 g/mol. The normalized spacial score (nSPS) is 16.4. The smallest absolute Gasteiger partial charge is 0.230 e. The first kappa shape index (κ1) is 27.0. The highest BCUT2D eigenvalue weighted by atomic mass is 35.5. The first-order valence-corrected chi connectivity index (χ1v) is 14.1. The first-order chi connectivity index (χ1) is 17.5. The molecule has 1 amide bonds. The van der Waals surface area contributed by atoms with Gasteiger partial charge in [0.25, 0.3) is 0 Å². The number of nitrogens with zero attached hydrogens (tertiary/aromatic N) is 2. The number of aromatic nitrogens is 2. The van der Waals surface area contributed by atoms with Gasteiger partial charge in [-0.3, -0.25) is 4.79 Å². The van der Waals surface area contributed by atoms with E-state index in [1.165, 1.54) is 23.1 Å². The molecule has 7 nitrogen and oxygen atoms in total. The number of benzene rings is 1. The van der Waals surface area contributed by atoms with Crippen molar-refractivity contribution in [2.45, 2.75) is 30.5 Å². The fourth-order valence-corrected chi connectivity index (χ4v) is 6.29. The Hall–Kier alpha value is -2.04. The van der Waals surface area contributed by atoms with Gasteiger partial charge in [-0.05, 0) is 55.6 Å². The van der Waals surface area contributed by atoms with Crippen molar-refractivity contribution in [3.63, 3.8) is 0 Å². The second-order valence-electron chi connectivity index (χ2n) is 8.43. The fourth-order valence-electron chi connectivity index (χ4n) is 4.20. The number of nitrogens with one attached hydrogen (secondary N) is 2. The molecule has 1 aromatic carbocycles. The number of rotatable bonds is 10. The lowest BCUT2D eigenvalue weighted by molar-refractivity contribution is -0.119. The van der Waals surface area contributed by atoms with Crippen LogP contribution in [0.3, 0.4) is 0 Å². The number of hydrogen-bond acceptors (Lipinski definition) is 8. The van der Waals surface area contributed by atoms with Gasteiger partial charge in [0.1, 0.15) is 4.34 Å². The number of methoxy groups -OCH3 is 2. The van der Waals surface area contributed by atoms with Gasteiger partial charge >= 0.3 is 0 Å². The van der Waals surface area contributed by atoms with Gasteiger partial charge in [0.15, 0.2) is 16.7 Å². The summed E-state index contributed by atoms with van der Waals surface area (Å²) in [6.07, 6.45) is 6.36. The Bertz CT molecular complexity index is 1150. The lowest BCUT2D eigenvalue weighted by Crippen LogP contribution is -2.47. The average Bonchev–Trinajstić information content (AvgIpc) is 3.23. The summed E-state index contributed by atoms with van der Waals surface area (Å²) in [6.45, 7) is 1.89. The van der Waals surface area contributed by atoms with E-state index in [1.54, 1.807) is 26.6 Å². The van der Waals surface area contributed by atoms with Gasteiger partial charge in [-0.1, -0.05) is 41.0 Å². The molecule has 0 aliphatic carbocycles. The largest absolute Gasteiger partial charge is 0.493 e. The van der Waals surface area contributed by atoms with Crippen LogP contribution in [0.4, 0.5) is 0 Å². The fraction of sp³-hybridized carbons (Fsp3) is 0.400. The number of carbonyl (C=O) groups excluding carboxylic acids is 1. The van der Waals surface area contributed by atoms with Crippen LogP contribution in [-0.2, 0) is 11.2 Å². The molecule has 2 N–H and O–H groups in total. The van der Waals surface area contributed by atoms with Gasteiger partial charge in [-0.2, -0.15) is 0 Å². The van der Waals surface area contributed by atoms with Crippen molar-refractivity contribution < 1.29 is 14.3 Å². The number of piperidine rings is 1. The molecule has 0 spiro atoms. The molecule has 0 saturated carbocycles. The molecule has 3 heterocycles. The Balaban J connectivity index is 1.36. The highest BCUT2D eigenvalue weighted by Crippen LogP contribution is 2.34. The number of halogens is 2. The van der Waals surface area contributed by atoms with Crippen LogP contribution in [0.5, 0.6) is 11.5 Å². The minimum absolute atomic E-state index is 0.00466. The van der Waals surface area contributed by atoms with Crippen molar-refractivity contribution in [1.82, 2.24) is 20.6 Å². The molecule has 11 heteroatoms. The monoisotopic (exact) mass is 566 g/mol. The van der Waals surface area contributed by atoms with Crippen LogP contribution in [-0.4, -0.2) is 55.0 Å². The minimum atomic E-state index is -0.0445. The number of carbonyl (C=O) groups is 1. The molecule has 1 aliphatic heterocycles. The van der Waals surface area contributed by atoms with E-state index in [0.717, 1.165) is 41.9 Å². The predicted molar refractivity (Wildman–Crippen MR) is 147 cm³/mol. The molecule has 4 rings (SSSR count). The third-order valence-electron chi connectivity index (χ3n) is 6.05. The van der Waals surface area contributed by atoms with Crippen LogP contribution in [0.25, 0.3) is 11.1 Å². The number of thiophene rings is 1. The van der Waals surface area contributed by atoms with E-state index < -0.39 is 0 Å². The Morgan fingerprint density at radius 3 is 2.61 bits per heavy atom. The summed E-state index contributed by atoms with van der Waals surface area (Å²) in [6, 6.07) is 7.55. The molecule has 0 bridgehead atoms. The standard InChI is InChI=1S/C25H28Cl2N4O3S2/c1-33-21-6-5-15(8-22(21)34-2)17-12-29-25(30-13-17)35-14-23(32)31-20(16-4-3-7-28-11-16)10-18-9-19(26)24(27)36-18/h5-6,8-9,12-13,16,20,28H,3-4,7,10-11,14H2,1-2H3,(H,31,32). The number of hydrogen-bond donors (Lipinski definition) is 2. The molecule has 1 aliphatic rings. The summed E-state index contributed by atoms with van der Waals surface area (Å²) in [5, 5.41) is 7.78. The van der Waals surface area contributed by atoms with Crippen LogP contribution >= 0.6 is 46.3 Å². The molecular formula is C25H28Cl2N4O3S2. The second-order valence-corrected chi connectivity index (χ2v) is 11.5. The summed E-state index contributed by atoms with van der Waals surface area (Å²) in [5.41, 5.74) is 1.77. The van der Waals surface area contributed by atoms with Crippen LogP contribution in [0.15, 0.2) is 41.8 Å². The van der Waals surface area contributed by atoms with Crippen molar-refractivity contribution in [3.8, 4) is 22.6 Å². The average molecular weight is 568 g/mol. The van der Waals surface area contributed by atoms with Gasteiger partial charge < -0.3 is 20.1 Å². The van der Waals surface area contributed by atoms with Gasteiger partial charge in [0, 0.05) is 35.3 Å². The molecule has 1 fully saturated rings. The maximum Gasteiger partial charge on any atom is 0.230 e. The van der Waals surface area contributed by atoms with E-state index in [4.69, 9.17) is 32.7 Å². The first-order valence-electron chi connectivity index (χ1n) is 11.6. The molecule has 192 valence electrons. The summed E-state index contributed by atoms with van der Waals surface area (Å²) >= 11 is 15.1. The Morgan fingerprint density at radius 1 is 1.19 bits per heavy atom. The SMILES string of the molecule is COc1ccc(-c2cnc(SCC(=O)NC(Cc3cc(Cl)c(Cl)s3)C3CCCNC3)nc2)cc1OC. The van der Waals surface area contributed by atoms with Gasteiger partial charge in [-0.25, -0.2) is 9.97 Å². The number of thioether (sulfide) groups is 1. The molecule has 0 radical (unpaired) electrons. The maximum absolute atomic E-state index is 12.9. The molecule has 36 heavy (non-hydrogen) atoms. The molecule has 2 aromatic heterocycles. The molecule has 1 saturated heterocycles. The molecule has 2 unspecified atom stereocenters. The number of amides is 1. The van der Waals surface area contributed by atoms with E-state index in [9.17, 15) is 4.79 Å². The summed E-state index contributed by atoms with van der Waals surface area (Å²) in [4.78, 5) is 22.8. The van der Waals surface area contributed by atoms with Crippen LogP contribution in [0.2, 0.25) is 9.36 Å². The van der Waals surface area contributed by atoms with Gasteiger partial charge in [0.05, 0.1) is 25.0 Å². The second kappa shape index (κ2) is 13.0. The van der Waals surface area contributed by atoms with E-state index >= 15 is 0 Å². The van der Waals surface area contributed by atoms with E-state index in [0.29, 0.717) is 38.4 Å². The molecule has 2 atom stereocenters. The lowest BCUT2D eigenvalue weighted by Gasteiger charge is -2.31. The summed E-state index contributed by atoms with van der Waals surface area (Å²) in [7, 11) is 3.20. The van der Waals surface area contributed by atoms with E-state index in [-0.39, 0.29) is 17.7 Å². The highest BCUT2D eigenvalue weighted by molar-refractivity contribution is 7.99. The third kappa shape index (κ3) is 7.04. The third-order valence-corrected chi connectivity index (χ3v) is 8.81. The lowest BCUT2D eigenvalue weighted by atomic mass is 9.89. The van der Waals surface area contributed by atoms with E-state index in [1.807, 2.05) is 24.3 Å². The predicted octanol–water partition coefficient (Wildman–Crippen LogP) is 5.35. The summed E-state index contributed by atoms with van der Waals surface area (Å²) in [5.74, 6) is 1.84. The van der Waals surface area contributed by atoms with Crippen molar-refractivity contribution in [3.05, 3.63) is 50.9 Å². The number of ether oxygens (including phenoxy) is 2. The van der Waals surface area contributed by atoms with Crippen molar-refractivity contribution in [2.24, 2.45) is 5.92 Å². The zero-order valence-corrected chi connectivity index (χ0v) is 23.2. The topological polar surface area (TPSA) is 85.4 Å². The summed E-state index contributed by atoms with van der Waals surface area (Å²) < 4.78 is 11.3. The van der Waals surface area contributed by atoms with Crippen LogP contribution in [0.1, 0.15) is 17.7 Å². The maximum atomic E-state index is 12.9. The zero-order valence-electron chi connectivity index (χ0n) is 20.1. The van der Waals surface area contributed by atoms with Crippen molar-refractivity contribution in [1.29, 1.82) is 0 Å². The van der Waals surface area contributed by atoms with E-state index in [2.05, 4.69) is 20.6 Å². The van der Waals surface area contributed by atoms with Crippen LogP contribution in [0, 0.1) is 5.92 Å². The van der Waals surface area contributed by atoms with Crippen molar-refractivity contribution in [2.75, 3.05) is 33.1 Å². The highest BCUT2D eigenvalue weighted by Gasteiger charge is 2.26. The Labute approximate surface area is 229 Å². The Kier molecular flexibility index (Phi) is 9.73. The minimum Gasteiger partial charge on any atom is -0.493 e. The van der Waals surface area contributed by atoms with Crippen LogP contribution < -0.4 is 20.1 Å². The van der Waals surface area contributed by atoms with Crippen molar-refractivity contribution >= 4 is 52.2 Å². The zero-order chi connectivity index (χ0) is 25.5. The molecule has 3 aromatic rings. The van der Waals surface area contributed by atoms with Gasteiger partial charge in [-0.15, -0.1) is 11.3 Å². The Morgan fingerprint density at radius 2 is 1.97 bits per heavy atom.